The molecular weight excluding hydrogens is 1160 g/mol. The zero-order chi connectivity index (χ0) is 60.8. The summed E-state index contributed by atoms with van der Waals surface area (Å²) < 4.78 is 37.8. The number of benzene rings is 14. The Kier molecular flexibility index (Phi) is 11.1. The zero-order valence-electron chi connectivity index (χ0n) is 49.5. The van der Waals surface area contributed by atoms with Crippen LogP contribution in [0.1, 0.15) is 0 Å². The lowest BCUT2D eigenvalue weighted by atomic mass is 9.99. The SMILES string of the molecule is c1ccc2c(c1)oc1cc(-c3ccc4c(c3)c3cc(-c5ccc6c(c5)oc5ccccc56)ccc3n4-c3ccc(-c4ccc(N(c5ccc(-c6ccc7oc8ccccc8c7c6)cc5)c5ccc(-c6ccc7oc8ccccc8c7c6)cc5)c5nsnc45)cc3)ccc12. The van der Waals surface area contributed by atoms with Gasteiger partial charge in [-0.05, 0) is 196 Å². The summed E-state index contributed by atoms with van der Waals surface area (Å²) in [5.41, 5.74) is 25.8. The van der Waals surface area contributed by atoms with E-state index in [9.17, 15) is 0 Å². The fourth-order valence-corrected chi connectivity index (χ4v) is 14.9. The van der Waals surface area contributed by atoms with Crippen LogP contribution in [0.2, 0.25) is 0 Å². The van der Waals surface area contributed by atoms with Crippen LogP contribution in [0.15, 0.2) is 309 Å². The Hall–Kier alpha value is -12.3. The molecule has 0 N–H and O–H groups in total. The number of fused-ring (bicyclic) bond motifs is 16. The van der Waals surface area contributed by atoms with Gasteiger partial charge in [0.25, 0.3) is 0 Å². The molecule has 0 bridgehead atoms. The second-order valence-corrected chi connectivity index (χ2v) is 24.6. The van der Waals surface area contributed by atoms with Crippen molar-refractivity contribution in [2.24, 2.45) is 0 Å². The summed E-state index contributed by atoms with van der Waals surface area (Å²) in [5, 5.41) is 11.2. The van der Waals surface area contributed by atoms with E-state index in [0.717, 1.165) is 199 Å². The third-order valence-electron chi connectivity index (χ3n) is 18.9. The average molecular weight is 1210 g/mol. The maximum atomic E-state index is 6.40. The molecule has 0 amide bonds. The van der Waals surface area contributed by atoms with Gasteiger partial charge in [0, 0.05) is 76.5 Å². The van der Waals surface area contributed by atoms with E-state index in [1.54, 1.807) is 0 Å². The van der Waals surface area contributed by atoms with Crippen molar-refractivity contribution in [3.63, 3.8) is 0 Å². The van der Waals surface area contributed by atoms with Crippen LogP contribution >= 0.6 is 11.7 Å². The Balaban J connectivity index is 0.683. The third kappa shape index (κ3) is 8.17. The van der Waals surface area contributed by atoms with Gasteiger partial charge in [0.15, 0.2) is 0 Å². The number of anilines is 3. The molecule has 14 aromatic carbocycles. The highest BCUT2D eigenvalue weighted by atomic mass is 32.1. The summed E-state index contributed by atoms with van der Waals surface area (Å²) in [5.74, 6) is 0. The quantitative estimate of drug-likeness (QED) is 0.142. The van der Waals surface area contributed by atoms with Gasteiger partial charge in [0.1, 0.15) is 55.7 Å². The number of hydrogen-bond acceptors (Lipinski definition) is 8. The van der Waals surface area contributed by atoms with Crippen molar-refractivity contribution in [2.75, 3.05) is 4.90 Å². The molecule has 0 aliphatic carbocycles. The van der Waals surface area contributed by atoms with Crippen molar-refractivity contribution in [3.05, 3.63) is 291 Å². The van der Waals surface area contributed by atoms with Gasteiger partial charge >= 0.3 is 0 Å². The van der Waals surface area contributed by atoms with Crippen LogP contribution in [0, 0.1) is 0 Å². The largest absolute Gasteiger partial charge is 0.456 e. The van der Waals surface area contributed by atoms with Crippen molar-refractivity contribution in [1.82, 2.24) is 13.3 Å². The first kappa shape index (κ1) is 51.6. The van der Waals surface area contributed by atoms with Crippen molar-refractivity contribution in [1.29, 1.82) is 0 Å². The molecular formula is C84H48N4O4S. The minimum absolute atomic E-state index is 0.817. The summed E-state index contributed by atoms with van der Waals surface area (Å²) in [7, 11) is 0. The van der Waals surface area contributed by atoms with E-state index in [0.29, 0.717) is 0 Å². The van der Waals surface area contributed by atoms with Crippen molar-refractivity contribution >= 4 is 149 Å². The topological polar surface area (TPSA) is 86.5 Å². The van der Waals surface area contributed by atoms with Crippen LogP contribution < -0.4 is 4.90 Å². The first-order valence-corrected chi connectivity index (χ1v) is 31.9. The second kappa shape index (κ2) is 20.1. The molecule has 20 aromatic rings. The minimum atomic E-state index is 0.817. The van der Waals surface area contributed by atoms with Gasteiger partial charge < -0.3 is 27.1 Å². The molecule has 0 radical (unpaired) electrons. The smallest absolute Gasteiger partial charge is 0.136 e. The Labute approximate surface area is 534 Å². The second-order valence-electron chi connectivity index (χ2n) is 24.1. The van der Waals surface area contributed by atoms with Gasteiger partial charge in [-0.25, -0.2) is 0 Å². The molecule has 8 nitrogen and oxygen atoms in total. The van der Waals surface area contributed by atoms with Crippen LogP contribution in [0.4, 0.5) is 17.1 Å². The first-order chi connectivity index (χ1) is 46.0. The lowest BCUT2D eigenvalue weighted by Gasteiger charge is -2.26. The fourth-order valence-electron chi connectivity index (χ4n) is 14.4. The molecule has 6 aromatic heterocycles. The van der Waals surface area contributed by atoms with Crippen LogP contribution in [0.25, 0.3) is 182 Å². The Morgan fingerprint density at radius 2 is 0.613 bits per heavy atom. The van der Waals surface area contributed by atoms with Gasteiger partial charge in [0.2, 0.25) is 0 Å². The zero-order valence-corrected chi connectivity index (χ0v) is 50.4. The minimum Gasteiger partial charge on any atom is -0.456 e. The molecule has 93 heavy (non-hydrogen) atoms. The molecule has 9 heteroatoms. The highest BCUT2D eigenvalue weighted by molar-refractivity contribution is 7.00. The summed E-state index contributed by atoms with van der Waals surface area (Å²) in [4.78, 5) is 2.30. The maximum absolute atomic E-state index is 6.40. The lowest BCUT2D eigenvalue weighted by Crippen LogP contribution is -2.10. The highest BCUT2D eigenvalue weighted by Gasteiger charge is 2.23. The third-order valence-corrected chi connectivity index (χ3v) is 19.5. The molecule has 0 aliphatic rings. The summed E-state index contributed by atoms with van der Waals surface area (Å²) in [6.07, 6.45) is 0. The molecule has 20 rings (SSSR count). The van der Waals surface area contributed by atoms with Gasteiger partial charge in [0.05, 0.1) is 28.4 Å². The van der Waals surface area contributed by atoms with E-state index in [-0.39, 0.29) is 0 Å². The predicted molar refractivity (Wildman–Crippen MR) is 383 cm³/mol. The Bertz CT molecular complexity index is 6110. The van der Waals surface area contributed by atoms with Crippen molar-refractivity contribution in [3.8, 4) is 61.3 Å². The molecule has 0 saturated heterocycles. The molecule has 0 unspecified atom stereocenters. The fraction of sp³-hybridized carbons (Fsp3) is 0. The van der Waals surface area contributed by atoms with Crippen LogP contribution in [0.5, 0.6) is 0 Å². The summed E-state index contributed by atoms with van der Waals surface area (Å²) in [6.45, 7) is 0. The van der Waals surface area contributed by atoms with E-state index >= 15 is 0 Å². The monoisotopic (exact) mass is 1210 g/mol. The van der Waals surface area contributed by atoms with Crippen LogP contribution in [-0.2, 0) is 0 Å². The molecule has 0 fully saturated rings. The Morgan fingerprint density at radius 3 is 1.11 bits per heavy atom. The maximum Gasteiger partial charge on any atom is 0.136 e. The van der Waals surface area contributed by atoms with Gasteiger partial charge in [-0.2, -0.15) is 8.75 Å². The molecule has 434 valence electrons. The molecule has 0 aliphatic heterocycles. The van der Waals surface area contributed by atoms with Crippen molar-refractivity contribution < 1.29 is 17.7 Å². The summed E-state index contributed by atoms with van der Waals surface area (Å²) >= 11 is 1.24. The average Bonchev–Trinajstić information content (AvgIpc) is 1.65. The molecule has 6 heterocycles. The number of hydrogen-bond donors (Lipinski definition) is 0. The van der Waals surface area contributed by atoms with Crippen LogP contribution in [-0.4, -0.2) is 13.3 Å². The molecule has 0 atom stereocenters. The van der Waals surface area contributed by atoms with E-state index in [1.165, 1.54) is 11.7 Å². The predicted octanol–water partition coefficient (Wildman–Crippen LogP) is 24.2. The standard InChI is InChI=1S/C84H48N4O4S/c1-5-13-75-62(9-1)66-35-23-56(47-81(66)91-75)54-25-38-72-68(43-54)69-44-55(57-24-36-67-63-10-2-6-14-76(63)92-82(67)48-57)26-39-73(69)88(72)60-33-21-51(22-34-60)61-37-40-74(84-83(61)85-93-86-84)87(58-29-17-49(18-30-58)52-27-41-79-70(45-52)64-11-3-7-15-77(64)89-79)59-31-19-50(20-32-59)53-28-42-80-71(46-53)65-12-4-8-16-78(65)90-80/h1-48H. The van der Waals surface area contributed by atoms with Gasteiger partial charge in [-0.1, -0.05) is 146 Å². The summed E-state index contributed by atoms with van der Waals surface area (Å²) in [6, 6.07) is 104. The Morgan fingerprint density at radius 1 is 0.258 bits per heavy atom. The number of para-hydroxylation sites is 4. The number of nitrogens with zero attached hydrogens (tertiary/aromatic N) is 4. The number of rotatable bonds is 9. The first-order valence-electron chi connectivity index (χ1n) is 31.1. The normalized spacial score (nSPS) is 12.1. The highest BCUT2D eigenvalue weighted by Crippen LogP contribution is 2.46. The number of aromatic nitrogens is 3. The van der Waals surface area contributed by atoms with Crippen molar-refractivity contribution in [2.45, 2.75) is 0 Å². The van der Waals surface area contributed by atoms with E-state index in [4.69, 9.17) is 26.4 Å². The number of furan rings is 4. The van der Waals surface area contributed by atoms with E-state index in [2.05, 4.69) is 252 Å². The molecule has 0 saturated carbocycles. The lowest BCUT2D eigenvalue weighted by molar-refractivity contribution is 0.668. The van der Waals surface area contributed by atoms with Crippen LogP contribution in [0.3, 0.4) is 0 Å². The van der Waals surface area contributed by atoms with E-state index < -0.39 is 0 Å². The van der Waals surface area contributed by atoms with Gasteiger partial charge in [-0.15, -0.1) is 0 Å². The molecule has 0 spiro atoms. The van der Waals surface area contributed by atoms with Gasteiger partial charge in [-0.3, -0.25) is 0 Å². The van der Waals surface area contributed by atoms with E-state index in [1.807, 2.05) is 48.5 Å².